The van der Waals surface area contributed by atoms with Crippen molar-refractivity contribution in [3.05, 3.63) is 126 Å². The van der Waals surface area contributed by atoms with E-state index in [-0.39, 0.29) is 0 Å². The molecule has 0 spiro atoms. The second-order valence-corrected chi connectivity index (χ2v) is 10.7. The molecule has 5 nitrogen and oxygen atoms in total. The van der Waals surface area contributed by atoms with Gasteiger partial charge in [0.2, 0.25) is 0 Å². The summed E-state index contributed by atoms with van der Waals surface area (Å²) in [5, 5.41) is 26.1. The van der Waals surface area contributed by atoms with Gasteiger partial charge < -0.3 is 13.4 Å². The van der Waals surface area contributed by atoms with Gasteiger partial charge in [-0.1, -0.05) is 66.7 Å². The zero-order valence-electron chi connectivity index (χ0n) is 22.6. The van der Waals surface area contributed by atoms with Crippen molar-refractivity contribution in [2.24, 2.45) is 0 Å². The van der Waals surface area contributed by atoms with Crippen LogP contribution in [0, 0.1) is 22.7 Å². The highest BCUT2D eigenvalue weighted by molar-refractivity contribution is 6.24. The average Bonchev–Trinajstić information content (AvgIpc) is 3.73. The largest absolute Gasteiger partial charge is 0.456 e. The number of rotatable bonds is 2. The smallest absolute Gasteiger partial charge is 0.153 e. The number of nitriles is 2. The van der Waals surface area contributed by atoms with E-state index in [0.717, 1.165) is 76.9 Å². The lowest BCUT2D eigenvalue weighted by atomic mass is 9.98. The number of para-hydroxylation sites is 4. The van der Waals surface area contributed by atoms with Gasteiger partial charge in [0.15, 0.2) is 5.58 Å². The zero-order valence-corrected chi connectivity index (χ0v) is 22.6. The van der Waals surface area contributed by atoms with Crippen LogP contribution in [0.3, 0.4) is 0 Å². The van der Waals surface area contributed by atoms with Gasteiger partial charge in [-0.25, -0.2) is 0 Å². The molecule has 43 heavy (non-hydrogen) atoms. The van der Waals surface area contributed by atoms with Crippen molar-refractivity contribution in [3.63, 3.8) is 0 Å². The summed E-state index contributed by atoms with van der Waals surface area (Å²) in [7, 11) is 0. The fraction of sp³-hybridized carbons (Fsp3) is 0. The summed E-state index contributed by atoms with van der Waals surface area (Å²) in [5.74, 6) is 0. The molecule has 0 bridgehead atoms. The third-order valence-electron chi connectivity index (χ3n) is 8.49. The fourth-order valence-electron chi connectivity index (χ4n) is 6.64. The molecule has 0 saturated heterocycles. The van der Waals surface area contributed by atoms with Gasteiger partial charge >= 0.3 is 0 Å². The predicted molar refractivity (Wildman–Crippen MR) is 170 cm³/mol. The molecular weight excluding hydrogens is 530 g/mol. The van der Waals surface area contributed by atoms with Crippen LogP contribution in [0.1, 0.15) is 11.1 Å². The molecule has 0 saturated carbocycles. The Morgan fingerprint density at radius 3 is 2.12 bits per heavy atom. The van der Waals surface area contributed by atoms with Crippen LogP contribution in [0.25, 0.3) is 82.5 Å². The molecule has 9 rings (SSSR count). The maximum Gasteiger partial charge on any atom is 0.153 e. The molecule has 0 radical (unpaired) electrons. The molecule has 0 aliphatic rings. The maximum atomic E-state index is 10.4. The van der Waals surface area contributed by atoms with Gasteiger partial charge in [-0.05, 0) is 54.1 Å². The van der Waals surface area contributed by atoms with Gasteiger partial charge in [-0.15, -0.1) is 0 Å². The number of hydrogen-bond acceptors (Lipinski definition) is 4. The number of hydrogen-bond donors (Lipinski definition) is 0. The van der Waals surface area contributed by atoms with Crippen LogP contribution in [0.5, 0.6) is 0 Å². The Kier molecular flexibility index (Phi) is 4.68. The van der Waals surface area contributed by atoms with Gasteiger partial charge in [0.1, 0.15) is 28.9 Å². The molecule has 0 N–H and O–H groups in total. The van der Waals surface area contributed by atoms with Crippen LogP contribution in [0.2, 0.25) is 0 Å². The fourth-order valence-corrected chi connectivity index (χ4v) is 6.64. The predicted octanol–water partition coefficient (Wildman–Crippen LogP) is 9.99. The first-order valence-electron chi connectivity index (χ1n) is 14.0. The van der Waals surface area contributed by atoms with E-state index in [4.69, 9.17) is 8.83 Å². The molecule has 0 amide bonds. The molecule has 9 aromatic rings. The monoisotopic (exact) mass is 549 g/mol. The van der Waals surface area contributed by atoms with Crippen LogP contribution < -0.4 is 0 Å². The minimum atomic E-state index is 0.505. The average molecular weight is 550 g/mol. The lowest BCUT2D eigenvalue weighted by Crippen LogP contribution is -2.00. The molecule has 3 heterocycles. The van der Waals surface area contributed by atoms with Crippen molar-refractivity contribution in [2.75, 3.05) is 0 Å². The standard InChI is InChI=1S/C38H19N3O2/c39-20-23-7-5-11-25(22-15-18-34-30(19-22)26-9-2-4-14-33(26)42-34)36(23)41-31-13-3-1-10-29(31)35-32(41)17-16-28-27-12-6-8-24(21-40)37(27)43-38(28)35/h1-19H. The molecule has 3 aromatic heterocycles. The van der Waals surface area contributed by atoms with Gasteiger partial charge in [0.25, 0.3) is 0 Å². The van der Waals surface area contributed by atoms with E-state index in [1.807, 2.05) is 60.7 Å². The van der Waals surface area contributed by atoms with Gasteiger partial charge in [0, 0.05) is 32.5 Å². The van der Waals surface area contributed by atoms with Crippen LogP contribution in [0.4, 0.5) is 0 Å². The first-order valence-corrected chi connectivity index (χ1v) is 14.0. The minimum Gasteiger partial charge on any atom is -0.456 e. The number of nitrogens with zero attached hydrogens (tertiary/aromatic N) is 3. The van der Waals surface area contributed by atoms with Crippen molar-refractivity contribution >= 4 is 65.7 Å². The van der Waals surface area contributed by atoms with E-state index in [9.17, 15) is 10.5 Å². The highest BCUT2D eigenvalue weighted by Crippen LogP contribution is 2.43. The highest BCUT2D eigenvalue weighted by atomic mass is 16.3. The molecule has 0 atom stereocenters. The Balaban J connectivity index is 1.41. The van der Waals surface area contributed by atoms with Crippen LogP contribution in [0.15, 0.2) is 124 Å². The summed E-state index contributed by atoms with van der Waals surface area (Å²) in [6.07, 6.45) is 0. The first-order chi connectivity index (χ1) is 21.2. The summed E-state index contributed by atoms with van der Waals surface area (Å²) in [4.78, 5) is 0. The van der Waals surface area contributed by atoms with Crippen LogP contribution in [-0.4, -0.2) is 4.57 Å². The SMILES string of the molecule is N#Cc1cccc(-c2ccc3oc4ccccc4c3c2)c1-n1c2ccccc2c2c3oc4c(C#N)cccc4c3ccc21. The van der Waals surface area contributed by atoms with Gasteiger partial charge in [0.05, 0.1) is 33.2 Å². The number of benzene rings is 6. The van der Waals surface area contributed by atoms with Crippen molar-refractivity contribution < 1.29 is 8.83 Å². The molecule has 5 heteroatoms. The lowest BCUT2D eigenvalue weighted by Gasteiger charge is -2.16. The van der Waals surface area contributed by atoms with E-state index in [1.165, 1.54) is 0 Å². The Morgan fingerprint density at radius 1 is 0.512 bits per heavy atom. The highest BCUT2D eigenvalue weighted by Gasteiger charge is 2.23. The topological polar surface area (TPSA) is 78.8 Å². The third-order valence-corrected chi connectivity index (χ3v) is 8.49. The second-order valence-electron chi connectivity index (χ2n) is 10.7. The molecular formula is C38H19N3O2. The first kappa shape index (κ1) is 23.4. The number of aromatic nitrogens is 1. The Hall–Kier alpha value is -6.30. The van der Waals surface area contributed by atoms with Crippen LogP contribution in [-0.2, 0) is 0 Å². The Morgan fingerprint density at radius 2 is 1.23 bits per heavy atom. The summed E-state index contributed by atoms with van der Waals surface area (Å²) in [5.41, 5.74) is 8.66. The van der Waals surface area contributed by atoms with Crippen molar-refractivity contribution in [1.29, 1.82) is 10.5 Å². The lowest BCUT2D eigenvalue weighted by molar-refractivity contribution is 0.669. The van der Waals surface area contributed by atoms with Crippen molar-refractivity contribution in [1.82, 2.24) is 4.57 Å². The van der Waals surface area contributed by atoms with Crippen LogP contribution >= 0.6 is 0 Å². The van der Waals surface area contributed by atoms with Crippen molar-refractivity contribution in [2.45, 2.75) is 0 Å². The van der Waals surface area contributed by atoms with E-state index in [0.29, 0.717) is 16.7 Å². The summed E-state index contributed by atoms with van der Waals surface area (Å²) in [6.45, 7) is 0. The summed E-state index contributed by atoms with van der Waals surface area (Å²) < 4.78 is 14.8. The second kappa shape index (κ2) is 8.60. The molecule has 0 unspecified atom stereocenters. The molecule has 0 fully saturated rings. The quantitative estimate of drug-likeness (QED) is 0.215. The van der Waals surface area contributed by atoms with E-state index in [2.05, 4.69) is 65.2 Å². The number of fused-ring (bicyclic) bond motifs is 10. The Labute approximate surface area is 244 Å². The Bertz CT molecular complexity index is 2710. The molecule has 0 aliphatic heterocycles. The van der Waals surface area contributed by atoms with Crippen molar-refractivity contribution in [3.8, 4) is 29.0 Å². The molecule has 198 valence electrons. The molecule has 0 aliphatic carbocycles. The maximum absolute atomic E-state index is 10.4. The van der Waals surface area contributed by atoms with E-state index < -0.39 is 0 Å². The minimum absolute atomic E-state index is 0.505. The number of furan rings is 2. The summed E-state index contributed by atoms with van der Waals surface area (Å²) in [6, 6.07) is 42.8. The van der Waals surface area contributed by atoms with E-state index >= 15 is 0 Å². The summed E-state index contributed by atoms with van der Waals surface area (Å²) >= 11 is 0. The third kappa shape index (κ3) is 3.14. The van der Waals surface area contributed by atoms with E-state index in [1.54, 1.807) is 6.07 Å². The molecule has 6 aromatic carbocycles. The zero-order chi connectivity index (χ0) is 28.7. The van der Waals surface area contributed by atoms with Gasteiger partial charge in [-0.2, -0.15) is 10.5 Å². The normalized spacial score (nSPS) is 11.7. The van der Waals surface area contributed by atoms with Gasteiger partial charge in [-0.3, -0.25) is 0 Å².